The lowest BCUT2D eigenvalue weighted by molar-refractivity contribution is 0.227. The Balaban J connectivity index is 1.69. The zero-order chi connectivity index (χ0) is 10.7. The van der Waals surface area contributed by atoms with Crippen LogP contribution < -0.4 is 11.1 Å². The minimum absolute atomic E-state index is 0.151. The maximum absolute atomic E-state index is 6.22. The van der Waals surface area contributed by atoms with Crippen molar-refractivity contribution in [1.82, 2.24) is 5.32 Å². The summed E-state index contributed by atoms with van der Waals surface area (Å²) in [6.07, 6.45) is 10.7. The highest BCUT2D eigenvalue weighted by molar-refractivity contribution is 4.95. The third kappa shape index (κ3) is 3.18. The summed E-state index contributed by atoms with van der Waals surface area (Å²) in [6, 6.07) is 0.746. The molecule has 15 heavy (non-hydrogen) atoms. The summed E-state index contributed by atoms with van der Waals surface area (Å²) in [7, 11) is 0. The SMILES string of the molecule is CC1CCCC(NCC2(N)CCC2)CC1. The van der Waals surface area contributed by atoms with E-state index in [2.05, 4.69) is 12.2 Å². The van der Waals surface area contributed by atoms with Crippen molar-refractivity contribution in [2.24, 2.45) is 11.7 Å². The van der Waals surface area contributed by atoms with E-state index in [4.69, 9.17) is 5.73 Å². The molecule has 0 saturated heterocycles. The lowest BCUT2D eigenvalue weighted by atomic mass is 9.77. The first-order chi connectivity index (χ1) is 7.18. The van der Waals surface area contributed by atoms with Gasteiger partial charge in [0.15, 0.2) is 0 Å². The highest BCUT2D eigenvalue weighted by Crippen LogP contribution is 2.29. The number of nitrogens with two attached hydrogens (primary N) is 1. The molecule has 0 aromatic carbocycles. The molecule has 2 rings (SSSR count). The fourth-order valence-corrected chi connectivity index (χ4v) is 2.85. The first-order valence-corrected chi connectivity index (χ1v) is 6.70. The Hall–Kier alpha value is -0.0800. The van der Waals surface area contributed by atoms with Crippen LogP contribution in [0.5, 0.6) is 0 Å². The smallest absolute Gasteiger partial charge is 0.0280 e. The van der Waals surface area contributed by atoms with Gasteiger partial charge in [0.25, 0.3) is 0 Å². The van der Waals surface area contributed by atoms with Crippen LogP contribution in [0.15, 0.2) is 0 Å². The maximum atomic E-state index is 6.22. The van der Waals surface area contributed by atoms with Gasteiger partial charge >= 0.3 is 0 Å². The summed E-state index contributed by atoms with van der Waals surface area (Å²) in [4.78, 5) is 0. The van der Waals surface area contributed by atoms with E-state index in [-0.39, 0.29) is 5.54 Å². The zero-order valence-corrected chi connectivity index (χ0v) is 10.1. The molecule has 3 N–H and O–H groups in total. The van der Waals surface area contributed by atoms with Gasteiger partial charge in [-0.25, -0.2) is 0 Å². The topological polar surface area (TPSA) is 38.0 Å². The van der Waals surface area contributed by atoms with Gasteiger partial charge < -0.3 is 11.1 Å². The number of nitrogens with one attached hydrogen (secondary N) is 1. The van der Waals surface area contributed by atoms with E-state index in [0.717, 1.165) is 18.5 Å². The van der Waals surface area contributed by atoms with Crippen LogP contribution in [0.4, 0.5) is 0 Å². The van der Waals surface area contributed by atoms with Crippen LogP contribution in [0.1, 0.15) is 58.3 Å². The van der Waals surface area contributed by atoms with E-state index in [1.54, 1.807) is 0 Å². The van der Waals surface area contributed by atoms with Crippen molar-refractivity contribution in [3.05, 3.63) is 0 Å². The third-order valence-electron chi connectivity index (χ3n) is 4.35. The Bertz CT molecular complexity index is 199. The molecule has 2 aliphatic carbocycles. The molecule has 2 fully saturated rings. The first kappa shape index (κ1) is 11.4. The van der Waals surface area contributed by atoms with Gasteiger partial charge in [0.05, 0.1) is 0 Å². The van der Waals surface area contributed by atoms with E-state index < -0.39 is 0 Å². The van der Waals surface area contributed by atoms with Gasteiger partial charge in [-0.15, -0.1) is 0 Å². The van der Waals surface area contributed by atoms with Crippen LogP contribution in [0.25, 0.3) is 0 Å². The van der Waals surface area contributed by atoms with Crippen molar-refractivity contribution in [2.75, 3.05) is 6.54 Å². The Morgan fingerprint density at radius 1 is 1.13 bits per heavy atom. The van der Waals surface area contributed by atoms with E-state index >= 15 is 0 Å². The first-order valence-electron chi connectivity index (χ1n) is 6.70. The van der Waals surface area contributed by atoms with Gasteiger partial charge in [-0.05, 0) is 44.4 Å². The van der Waals surface area contributed by atoms with Gasteiger partial charge in [-0.1, -0.05) is 19.8 Å². The summed E-state index contributed by atoms with van der Waals surface area (Å²) in [6.45, 7) is 3.44. The highest BCUT2D eigenvalue weighted by Gasteiger charge is 2.32. The lowest BCUT2D eigenvalue weighted by Gasteiger charge is -2.39. The summed E-state index contributed by atoms with van der Waals surface area (Å²) >= 11 is 0. The van der Waals surface area contributed by atoms with Gasteiger partial charge in [0, 0.05) is 18.1 Å². The quantitative estimate of drug-likeness (QED) is 0.702. The van der Waals surface area contributed by atoms with Crippen LogP contribution in [0.2, 0.25) is 0 Å². The second kappa shape index (κ2) is 4.84. The molecule has 2 aliphatic rings. The molecule has 0 amide bonds. The molecular formula is C13H26N2. The van der Waals surface area contributed by atoms with Crippen molar-refractivity contribution >= 4 is 0 Å². The van der Waals surface area contributed by atoms with Gasteiger partial charge in [-0.3, -0.25) is 0 Å². The van der Waals surface area contributed by atoms with Crippen molar-refractivity contribution < 1.29 is 0 Å². The summed E-state index contributed by atoms with van der Waals surface area (Å²) < 4.78 is 0. The van der Waals surface area contributed by atoms with Crippen LogP contribution in [0.3, 0.4) is 0 Å². The molecule has 0 radical (unpaired) electrons. The summed E-state index contributed by atoms with van der Waals surface area (Å²) in [5, 5.41) is 3.70. The molecule has 2 heteroatoms. The average Bonchev–Trinajstić information content (AvgIpc) is 2.37. The molecule has 0 heterocycles. The lowest BCUT2D eigenvalue weighted by Crippen LogP contribution is -2.55. The molecule has 2 atom stereocenters. The van der Waals surface area contributed by atoms with Crippen LogP contribution >= 0.6 is 0 Å². The zero-order valence-electron chi connectivity index (χ0n) is 10.1. The number of hydrogen-bond acceptors (Lipinski definition) is 2. The van der Waals surface area contributed by atoms with E-state index in [0.29, 0.717) is 0 Å². The van der Waals surface area contributed by atoms with Crippen molar-refractivity contribution in [3.8, 4) is 0 Å². The van der Waals surface area contributed by atoms with Crippen molar-refractivity contribution in [3.63, 3.8) is 0 Å². The molecule has 2 nitrogen and oxygen atoms in total. The van der Waals surface area contributed by atoms with Crippen molar-refractivity contribution in [1.29, 1.82) is 0 Å². The van der Waals surface area contributed by atoms with Crippen LogP contribution in [-0.2, 0) is 0 Å². The van der Waals surface area contributed by atoms with Gasteiger partial charge in [0.2, 0.25) is 0 Å². The fourth-order valence-electron chi connectivity index (χ4n) is 2.85. The normalized spacial score (nSPS) is 35.6. The predicted molar refractivity (Wildman–Crippen MR) is 64.8 cm³/mol. The molecule has 88 valence electrons. The second-order valence-electron chi connectivity index (χ2n) is 5.91. The monoisotopic (exact) mass is 210 g/mol. The van der Waals surface area contributed by atoms with Gasteiger partial charge in [0.1, 0.15) is 0 Å². The molecule has 0 aromatic rings. The van der Waals surface area contributed by atoms with Crippen LogP contribution in [-0.4, -0.2) is 18.1 Å². The average molecular weight is 210 g/mol. The largest absolute Gasteiger partial charge is 0.324 e. The molecule has 0 spiro atoms. The standard InChI is InChI=1S/C13H26N2/c1-11-4-2-5-12(7-6-11)15-10-13(14)8-3-9-13/h11-12,15H,2-10,14H2,1H3. The fraction of sp³-hybridized carbons (Fsp3) is 1.00. The summed E-state index contributed by atoms with van der Waals surface area (Å²) in [5.41, 5.74) is 6.37. The van der Waals surface area contributed by atoms with E-state index in [1.807, 2.05) is 0 Å². The molecule has 0 aliphatic heterocycles. The number of hydrogen-bond donors (Lipinski definition) is 2. The van der Waals surface area contributed by atoms with E-state index in [9.17, 15) is 0 Å². The van der Waals surface area contributed by atoms with Crippen LogP contribution in [0, 0.1) is 5.92 Å². The second-order valence-corrected chi connectivity index (χ2v) is 5.91. The van der Waals surface area contributed by atoms with E-state index in [1.165, 1.54) is 51.4 Å². The third-order valence-corrected chi connectivity index (χ3v) is 4.35. The minimum atomic E-state index is 0.151. The molecular weight excluding hydrogens is 184 g/mol. The minimum Gasteiger partial charge on any atom is -0.324 e. The molecule has 0 bridgehead atoms. The predicted octanol–water partition coefficient (Wildman–Crippen LogP) is 2.43. The van der Waals surface area contributed by atoms with Crippen molar-refractivity contribution in [2.45, 2.75) is 69.9 Å². The highest BCUT2D eigenvalue weighted by atomic mass is 15.0. The summed E-state index contributed by atoms with van der Waals surface area (Å²) in [5.74, 6) is 0.937. The Kier molecular flexibility index (Phi) is 3.68. The molecule has 0 aromatic heterocycles. The molecule has 2 unspecified atom stereocenters. The Labute approximate surface area is 94.0 Å². The van der Waals surface area contributed by atoms with Gasteiger partial charge in [-0.2, -0.15) is 0 Å². The number of rotatable bonds is 3. The maximum Gasteiger partial charge on any atom is 0.0280 e. The Morgan fingerprint density at radius 2 is 1.93 bits per heavy atom. The molecule has 2 saturated carbocycles. The Morgan fingerprint density at radius 3 is 2.60 bits per heavy atom.